The molecule has 0 unspecified atom stereocenters. The molecule has 0 aliphatic carbocycles. The average Bonchev–Trinajstić information content (AvgIpc) is 2.70. The Morgan fingerprint density at radius 2 is 1.61 bits per heavy atom. The number of ether oxygens (including phenoxy) is 1. The predicted octanol–water partition coefficient (Wildman–Crippen LogP) is -0.814. The first kappa shape index (κ1) is 20.0. The minimum Gasteiger partial charge on any atom is -0.495 e. The Morgan fingerprint density at radius 3 is 2.21 bits per heavy atom. The number of anilines is 2. The average molecular weight is 409 g/mol. The third-order valence-electron chi connectivity index (χ3n) is 4.93. The molecule has 1 aliphatic rings. The van der Waals surface area contributed by atoms with Crippen LogP contribution in [-0.4, -0.2) is 55.1 Å². The van der Waals surface area contributed by atoms with Crippen LogP contribution < -0.4 is 26.6 Å². The lowest BCUT2D eigenvalue weighted by molar-refractivity contribution is 0.377. The summed E-state index contributed by atoms with van der Waals surface area (Å²) in [6.07, 6.45) is 0. The first-order chi connectivity index (χ1) is 13.2. The van der Waals surface area contributed by atoms with Gasteiger partial charge in [0, 0.05) is 40.3 Å². The maximum Gasteiger partial charge on any atom is 0.332 e. The van der Waals surface area contributed by atoms with Gasteiger partial charge in [0.25, 0.3) is 15.6 Å². The molecular formula is C17H23N5O5S. The van der Waals surface area contributed by atoms with Crippen LogP contribution in [0.5, 0.6) is 5.75 Å². The van der Waals surface area contributed by atoms with Crippen molar-refractivity contribution in [1.29, 1.82) is 0 Å². The number of methoxy groups -OCH3 is 1. The molecule has 152 valence electrons. The highest BCUT2D eigenvalue weighted by molar-refractivity contribution is 7.89. The Labute approximate surface area is 162 Å². The van der Waals surface area contributed by atoms with Gasteiger partial charge in [-0.1, -0.05) is 12.1 Å². The summed E-state index contributed by atoms with van der Waals surface area (Å²) in [5.74, 6) is 0.343. The minimum absolute atomic E-state index is 0.172. The van der Waals surface area contributed by atoms with Crippen LogP contribution in [0.1, 0.15) is 0 Å². The molecule has 1 saturated heterocycles. The zero-order valence-electron chi connectivity index (χ0n) is 16.0. The summed E-state index contributed by atoms with van der Waals surface area (Å²) < 4.78 is 34.5. The molecule has 0 spiro atoms. The van der Waals surface area contributed by atoms with Crippen molar-refractivity contribution in [2.75, 3.05) is 43.9 Å². The smallest absolute Gasteiger partial charge is 0.332 e. The molecular weight excluding hydrogens is 386 g/mol. The Bertz CT molecular complexity index is 1110. The highest BCUT2D eigenvalue weighted by Crippen LogP contribution is 2.29. The molecule has 0 amide bonds. The van der Waals surface area contributed by atoms with E-state index in [1.165, 1.54) is 18.4 Å². The molecule has 1 aliphatic heterocycles. The third-order valence-corrected chi connectivity index (χ3v) is 6.87. The van der Waals surface area contributed by atoms with Gasteiger partial charge < -0.3 is 15.4 Å². The van der Waals surface area contributed by atoms with E-state index < -0.39 is 26.2 Å². The van der Waals surface area contributed by atoms with Gasteiger partial charge in [-0.05, 0) is 12.1 Å². The normalized spacial score (nSPS) is 15.6. The molecule has 10 nitrogen and oxygen atoms in total. The van der Waals surface area contributed by atoms with Gasteiger partial charge in [0.2, 0.25) is 0 Å². The molecule has 0 saturated carbocycles. The van der Waals surface area contributed by atoms with E-state index in [0.717, 1.165) is 14.8 Å². The molecule has 2 heterocycles. The number of nitrogens with two attached hydrogens (primary N) is 1. The number of benzene rings is 1. The van der Waals surface area contributed by atoms with Gasteiger partial charge in [0.05, 0.1) is 12.8 Å². The zero-order valence-corrected chi connectivity index (χ0v) is 16.8. The molecule has 0 radical (unpaired) electrons. The Kier molecular flexibility index (Phi) is 5.22. The van der Waals surface area contributed by atoms with Gasteiger partial charge in [0.15, 0.2) is 4.90 Å². The Hall–Kier alpha value is -2.79. The van der Waals surface area contributed by atoms with Crippen LogP contribution in [0.15, 0.2) is 38.8 Å². The topological polar surface area (TPSA) is 120 Å². The SMILES string of the molecule is COc1ccccc1N1CCN(S(=O)(=O)c2c(N)n(C)c(=O)n(C)c2=O)CC1. The van der Waals surface area contributed by atoms with Crippen molar-refractivity contribution in [3.05, 3.63) is 45.1 Å². The first-order valence-electron chi connectivity index (χ1n) is 8.63. The molecule has 2 aromatic rings. The summed E-state index contributed by atoms with van der Waals surface area (Å²) in [6.45, 7) is 1.19. The molecule has 0 bridgehead atoms. The third kappa shape index (κ3) is 3.16. The summed E-state index contributed by atoms with van der Waals surface area (Å²) in [6, 6.07) is 7.49. The number of rotatable bonds is 4. The second kappa shape index (κ2) is 7.32. The van der Waals surface area contributed by atoms with Crippen LogP contribution in [0, 0.1) is 0 Å². The minimum atomic E-state index is -4.15. The Morgan fingerprint density at radius 1 is 1.00 bits per heavy atom. The summed E-state index contributed by atoms with van der Waals surface area (Å²) in [5.41, 5.74) is 5.09. The number of piperazine rings is 1. The molecule has 0 atom stereocenters. The highest BCUT2D eigenvalue weighted by Gasteiger charge is 2.34. The predicted molar refractivity (Wildman–Crippen MR) is 105 cm³/mol. The fraction of sp³-hybridized carbons (Fsp3) is 0.412. The number of nitrogen functional groups attached to an aromatic ring is 1. The van der Waals surface area contributed by atoms with Gasteiger partial charge >= 0.3 is 5.69 Å². The first-order valence-corrected chi connectivity index (χ1v) is 10.1. The molecule has 1 fully saturated rings. The highest BCUT2D eigenvalue weighted by atomic mass is 32.2. The largest absolute Gasteiger partial charge is 0.495 e. The van der Waals surface area contributed by atoms with E-state index in [9.17, 15) is 18.0 Å². The van der Waals surface area contributed by atoms with E-state index in [2.05, 4.69) is 0 Å². The zero-order chi connectivity index (χ0) is 20.6. The summed E-state index contributed by atoms with van der Waals surface area (Å²) in [5, 5.41) is 0. The lowest BCUT2D eigenvalue weighted by Gasteiger charge is -2.36. The van der Waals surface area contributed by atoms with Crippen molar-refractivity contribution in [3.8, 4) is 5.75 Å². The molecule has 11 heteroatoms. The number of nitrogens with zero attached hydrogens (tertiary/aromatic N) is 4. The number of hydrogen-bond donors (Lipinski definition) is 1. The van der Waals surface area contributed by atoms with E-state index >= 15 is 0 Å². The summed E-state index contributed by atoms with van der Waals surface area (Å²) in [7, 11) is -0.0139. The maximum atomic E-state index is 13.1. The van der Waals surface area contributed by atoms with Gasteiger partial charge in [-0.15, -0.1) is 0 Å². The number of hydrogen-bond acceptors (Lipinski definition) is 7. The van der Waals surface area contributed by atoms with Crippen LogP contribution >= 0.6 is 0 Å². The quantitative estimate of drug-likeness (QED) is 0.701. The van der Waals surface area contributed by atoms with Crippen LogP contribution in [0.3, 0.4) is 0 Å². The lowest BCUT2D eigenvalue weighted by Crippen LogP contribution is -2.51. The van der Waals surface area contributed by atoms with Crippen molar-refractivity contribution < 1.29 is 13.2 Å². The van der Waals surface area contributed by atoms with Crippen LogP contribution in [-0.2, 0) is 24.1 Å². The second-order valence-corrected chi connectivity index (χ2v) is 8.36. The summed E-state index contributed by atoms with van der Waals surface area (Å²) >= 11 is 0. The maximum absolute atomic E-state index is 13.1. The molecule has 3 rings (SSSR count). The monoisotopic (exact) mass is 409 g/mol. The number of aromatic nitrogens is 2. The van der Waals surface area contributed by atoms with E-state index in [4.69, 9.17) is 10.5 Å². The molecule has 2 N–H and O–H groups in total. The standard InChI is InChI=1S/C17H23N5O5S/c1-19-15(18)14(16(23)20(2)17(19)24)28(25,26)22-10-8-21(9-11-22)12-6-4-5-7-13(12)27-3/h4-7H,8-11,18H2,1-3H3. The van der Waals surface area contributed by atoms with Crippen LogP contribution in [0.2, 0.25) is 0 Å². The van der Waals surface area contributed by atoms with Gasteiger partial charge in [0.1, 0.15) is 11.6 Å². The van der Waals surface area contributed by atoms with Gasteiger partial charge in [-0.2, -0.15) is 4.31 Å². The van der Waals surface area contributed by atoms with Crippen molar-refractivity contribution in [3.63, 3.8) is 0 Å². The fourth-order valence-corrected chi connectivity index (χ4v) is 4.92. The Balaban J connectivity index is 1.91. The molecule has 1 aromatic carbocycles. The van der Waals surface area contributed by atoms with E-state index in [1.54, 1.807) is 7.11 Å². The van der Waals surface area contributed by atoms with Crippen molar-refractivity contribution in [1.82, 2.24) is 13.4 Å². The second-order valence-electron chi connectivity index (χ2n) is 6.48. The molecule has 1 aromatic heterocycles. The van der Waals surface area contributed by atoms with Crippen molar-refractivity contribution in [2.24, 2.45) is 14.1 Å². The van der Waals surface area contributed by atoms with Gasteiger partial charge in [-0.25, -0.2) is 13.2 Å². The van der Waals surface area contributed by atoms with E-state index in [1.807, 2.05) is 29.2 Å². The van der Waals surface area contributed by atoms with Crippen LogP contribution in [0.25, 0.3) is 0 Å². The number of sulfonamides is 1. The number of para-hydroxylation sites is 2. The van der Waals surface area contributed by atoms with E-state index in [-0.39, 0.29) is 18.9 Å². The van der Waals surface area contributed by atoms with Crippen LogP contribution in [0.4, 0.5) is 11.5 Å². The van der Waals surface area contributed by atoms with Crippen molar-refractivity contribution >= 4 is 21.5 Å². The van der Waals surface area contributed by atoms with Gasteiger partial charge in [-0.3, -0.25) is 13.9 Å². The lowest BCUT2D eigenvalue weighted by atomic mass is 10.2. The van der Waals surface area contributed by atoms with Crippen molar-refractivity contribution in [2.45, 2.75) is 4.90 Å². The summed E-state index contributed by atoms with van der Waals surface area (Å²) in [4.78, 5) is 25.9. The van der Waals surface area contributed by atoms with E-state index in [0.29, 0.717) is 18.8 Å². The molecule has 28 heavy (non-hydrogen) atoms. The fourth-order valence-electron chi connectivity index (χ4n) is 3.26.